The molecule has 2 N–H and O–H groups in total. The van der Waals surface area contributed by atoms with Crippen molar-refractivity contribution in [1.82, 2.24) is 10.6 Å². The first kappa shape index (κ1) is 27.7. The molecule has 5 nitrogen and oxygen atoms in total. The average molecular weight is 589 g/mol. The maximum absolute atomic E-state index is 14.2. The second-order valence-corrected chi connectivity index (χ2v) is 10.0. The number of alkyl halides is 6. The summed E-state index contributed by atoms with van der Waals surface area (Å²) in [5.74, 6) is 0.0383. The molecule has 4 rings (SSSR count). The molecule has 1 saturated carbocycles. The number of hydrogen-bond donors (Lipinski definition) is 2. The first-order valence-corrected chi connectivity index (χ1v) is 12.0. The number of carbonyl (C=O) groups is 1. The number of nitrogens with zero attached hydrogens (tertiary/aromatic N) is 1. The smallest absolute Gasteiger partial charge is 0.374 e. The molecular formula is C23H18Cl3F6N3O2. The zero-order valence-electron chi connectivity index (χ0n) is 18.6. The van der Waals surface area contributed by atoms with Crippen molar-refractivity contribution in [3.8, 4) is 0 Å². The Morgan fingerprint density at radius 2 is 1.62 bits per heavy atom. The van der Waals surface area contributed by atoms with Crippen LogP contribution < -0.4 is 10.6 Å². The molecule has 1 heterocycles. The summed E-state index contributed by atoms with van der Waals surface area (Å²) in [6.07, 6.45) is -8.94. The Labute approximate surface area is 222 Å². The van der Waals surface area contributed by atoms with Crippen molar-refractivity contribution < 1.29 is 36.0 Å². The summed E-state index contributed by atoms with van der Waals surface area (Å²) >= 11 is 17.8. The van der Waals surface area contributed by atoms with E-state index in [4.69, 9.17) is 39.6 Å². The maximum Gasteiger partial charge on any atom is 0.435 e. The number of rotatable bonds is 5. The van der Waals surface area contributed by atoms with Crippen LogP contribution >= 0.6 is 34.8 Å². The van der Waals surface area contributed by atoms with Gasteiger partial charge in [0.15, 0.2) is 0 Å². The Bertz CT molecular complexity index is 1190. The topological polar surface area (TPSA) is 62.7 Å². The quantitative estimate of drug-likeness (QED) is 0.284. The number of hydrogen-bond acceptors (Lipinski definition) is 3. The van der Waals surface area contributed by atoms with Gasteiger partial charge in [0, 0.05) is 18.0 Å². The molecule has 1 aliphatic heterocycles. The monoisotopic (exact) mass is 587 g/mol. The Hall–Kier alpha value is -2.37. The normalized spacial score (nSPS) is 23.6. The van der Waals surface area contributed by atoms with E-state index in [-0.39, 0.29) is 38.3 Å². The highest BCUT2D eigenvalue weighted by Crippen LogP contribution is 2.50. The lowest BCUT2D eigenvalue weighted by Gasteiger charge is -2.36. The molecule has 14 heteroatoms. The summed E-state index contributed by atoms with van der Waals surface area (Å²) < 4.78 is 79.2. The molecule has 0 saturated heterocycles. The molecule has 2 aromatic rings. The van der Waals surface area contributed by atoms with Crippen LogP contribution in [0.3, 0.4) is 0 Å². The second kappa shape index (κ2) is 10.1. The molecule has 37 heavy (non-hydrogen) atoms. The van der Waals surface area contributed by atoms with E-state index < -0.39 is 37.0 Å². The highest BCUT2D eigenvalue weighted by molar-refractivity contribution is 6.48. The fraction of sp³-hybridized carbons (Fsp3) is 0.391. The third-order valence-corrected chi connectivity index (χ3v) is 7.47. The highest BCUT2D eigenvalue weighted by atomic mass is 35.5. The van der Waals surface area contributed by atoms with Gasteiger partial charge in [0.2, 0.25) is 0 Å². The molecule has 0 bridgehead atoms. The molecule has 200 valence electrons. The Balaban J connectivity index is 1.40. The van der Waals surface area contributed by atoms with Crippen molar-refractivity contribution in [3.05, 3.63) is 68.2 Å². The van der Waals surface area contributed by atoms with Gasteiger partial charge in [-0.1, -0.05) is 64.2 Å². The molecule has 1 aliphatic carbocycles. The zero-order valence-corrected chi connectivity index (χ0v) is 20.9. The van der Waals surface area contributed by atoms with Gasteiger partial charge in [-0.25, -0.2) is 4.79 Å². The number of halogens is 9. The summed E-state index contributed by atoms with van der Waals surface area (Å²) in [6, 6.07) is 7.61. The van der Waals surface area contributed by atoms with Gasteiger partial charge in [-0.3, -0.25) is 0 Å². The molecule has 2 amide bonds. The van der Waals surface area contributed by atoms with Crippen molar-refractivity contribution in [2.45, 2.75) is 49.2 Å². The van der Waals surface area contributed by atoms with Crippen LogP contribution in [0.25, 0.3) is 0 Å². The number of carbonyl (C=O) groups excluding carboxylic acids is 1. The Morgan fingerprint density at radius 1 is 1.03 bits per heavy atom. The van der Waals surface area contributed by atoms with Gasteiger partial charge in [0.1, 0.15) is 6.54 Å². The lowest BCUT2D eigenvalue weighted by molar-refractivity contribution is -0.275. The molecule has 1 fully saturated rings. The van der Waals surface area contributed by atoms with E-state index >= 15 is 0 Å². The molecule has 2 aliphatic rings. The van der Waals surface area contributed by atoms with E-state index in [1.54, 1.807) is 29.6 Å². The number of amides is 2. The highest BCUT2D eigenvalue weighted by Gasteiger charge is 2.62. The molecule has 0 spiro atoms. The van der Waals surface area contributed by atoms with Crippen LogP contribution in [0.15, 0.2) is 41.6 Å². The van der Waals surface area contributed by atoms with E-state index in [9.17, 15) is 31.1 Å². The maximum atomic E-state index is 14.2. The largest absolute Gasteiger partial charge is 0.435 e. The standard InChI is InChI=1S/C23H18Cl3F6N3O2/c24-16-7-14(8-17(25)19(16)26)21(23(30,31)32)9-18(35-37-21)12-3-1-11(2-4-12)13-5-15(6-13)34-20(36)33-10-22(27,28)29/h1-4,7-8,13,15H,5-6,9-10H2,(H2,33,34,36). The lowest BCUT2D eigenvalue weighted by atomic mass is 9.75. The fourth-order valence-electron chi connectivity index (χ4n) is 4.22. The second-order valence-electron chi connectivity index (χ2n) is 8.81. The summed E-state index contributed by atoms with van der Waals surface area (Å²) in [7, 11) is 0. The molecule has 0 aromatic heterocycles. The van der Waals surface area contributed by atoms with E-state index in [1.807, 2.05) is 0 Å². The van der Waals surface area contributed by atoms with Gasteiger partial charge in [-0.15, -0.1) is 0 Å². The van der Waals surface area contributed by atoms with Gasteiger partial charge >= 0.3 is 18.4 Å². The summed E-state index contributed by atoms with van der Waals surface area (Å²) in [5, 5.41) is 7.56. The van der Waals surface area contributed by atoms with Gasteiger partial charge in [-0.2, -0.15) is 26.3 Å². The predicted octanol–water partition coefficient (Wildman–Crippen LogP) is 7.34. The lowest BCUT2D eigenvalue weighted by Crippen LogP contribution is -2.49. The van der Waals surface area contributed by atoms with Gasteiger partial charge in [0.25, 0.3) is 5.60 Å². The van der Waals surface area contributed by atoms with Crippen LogP contribution in [0.5, 0.6) is 0 Å². The van der Waals surface area contributed by atoms with Crippen molar-refractivity contribution in [2.24, 2.45) is 5.16 Å². The van der Waals surface area contributed by atoms with Crippen molar-refractivity contribution in [2.75, 3.05) is 6.54 Å². The van der Waals surface area contributed by atoms with Crippen LogP contribution in [-0.2, 0) is 10.4 Å². The summed E-state index contributed by atoms with van der Waals surface area (Å²) in [6.45, 7) is -1.42. The van der Waals surface area contributed by atoms with Gasteiger partial charge in [-0.05, 0) is 42.0 Å². The predicted molar refractivity (Wildman–Crippen MR) is 126 cm³/mol. The van der Waals surface area contributed by atoms with Crippen molar-refractivity contribution in [1.29, 1.82) is 0 Å². The molecule has 0 radical (unpaired) electrons. The average Bonchev–Trinajstić information content (AvgIpc) is 3.25. The number of nitrogens with one attached hydrogen (secondary N) is 2. The number of benzene rings is 2. The summed E-state index contributed by atoms with van der Waals surface area (Å²) in [4.78, 5) is 16.6. The molecule has 1 unspecified atom stereocenters. The number of oxime groups is 1. The minimum atomic E-state index is -4.85. The van der Waals surface area contributed by atoms with Crippen LogP contribution in [0, 0.1) is 0 Å². The minimum Gasteiger partial charge on any atom is -0.374 e. The van der Waals surface area contributed by atoms with E-state index in [0.717, 1.165) is 17.7 Å². The van der Waals surface area contributed by atoms with Crippen molar-refractivity contribution in [3.63, 3.8) is 0 Å². The molecule has 1 atom stereocenters. The Kier molecular flexibility index (Phi) is 7.53. The first-order chi connectivity index (χ1) is 17.2. The van der Waals surface area contributed by atoms with Crippen LogP contribution in [-0.4, -0.2) is 36.7 Å². The van der Waals surface area contributed by atoms with Gasteiger partial charge < -0.3 is 15.5 Å². The summed E-state index contributed by atoms with van der Waals surface area (Å²) in [5.41, 5.74) is -1.77. The van der Waals surface area contributed by atoms with Crippen LogP contribution in [0.2, 0.25) is 15.1 Å². The van der Waals surface area contributed by atoms with Crippen LogP contribution in [0.4, 0.5) is 31.1 Å². The fourth-order valence-corrected chi connectivity index (χ4v) is 4.82. The third-order valence-electron chi connectivity index (χ3n) is 6.27. The SMILES string of the molecule is O=C(NCC(F)(F)F)NC1CC(c2ccc(C3=NOC(c4cc(Cl)c(Cl)c(Cl)c4)(C(F)(F)F)C3)cc2)C1. The first-order valence-electron chi connectivity index (χ1n) is 10.9. The Morgan fingerprint density at radius 3 is 2.16 bits per heavy atom. The number of urea groups is 1. The van der Waals surface area contributed by atoms with Gasteiger partial charge in [0.05, 0.1) is 20.8 Å². The van der Waals surface area contributed by atoms with E-state index in [2.05, 4.69) is 10.5 Å². The third kappa shape index (κ3) is 5.88. The minimum absolute atomic E-state index is 0.0383. The molecular weight excluding hydrogens is 571 g/mol. The van der Waals surface area contributed by atoms with Crippen molar-refractivity contribution >= 4 is 46.5 Å². The van der Waals surface area contributed by atoms with E-state index in [0.29, 0.717) is 18.4 Å². The molecule has 2 aromatic carbocycles. The van der Waals surface area contributed by atoms with Crippen LogP contribution in [0.1, 0.15) is 41.9 Å². The zero-order chi connectivity index (χ0) is 27.2. The van der Waals surface area contributed by atoms with E-state index in [1.165, 1.54) is 0 Å².